The summed E-state index contributed by atoms with van der Waals surface area (Å²) in [6.45, 7) is -0.0949. The van der Waals surface area contributed by atoms with Gasteiger partial charge in [-0.2, -0.15) is 23.1 Å². The first-order valence-corrected chi connectivity index (χ1v) is 7.09. The van der Waals surface area contributed by atoms with Crippen LogP contribution in [0.25, 0.3) is 11.5 Å². The van der Waals surface area contributed by atoms with Crippen LogP contribution in [0, 0.1) is 0 Å². The number of hydrogen-bond donors (Lipinski definition) is 0. The van der Waals surface area contributed by atoms with Gasteiger partial charge < -0.3 is 14.0 Å². The van der Waals surface area contributed by atoms with Crippen LogP contribution in [0.1, 0.15) is 11.1 Å². The number of hydrogen-bond acceptors (Lipinski definition) is 6. The second kappa shape index (κ2) is 6.80. The summed E-state index contributed by atoms with van der Waals surface area (Å²) in [6.07, 6.45) is -3.49. The Hall–Kier alpha value is -3.10. The summed E-state index contributed by atoms with van der Waals surface area (Å²) < 4.78 is 55.1. The maximum Gasteiger partial charge on any atom is 0.426 e. The highest BCUT2D eigenvalue weighted by Crippen LogP contribution is 2.41. The van der Waals surface area contributed by atoms with Crippen LogP contribution < -0.4 is 9.47 Å². The SMILES string of the molecule is COc1nc(-c2ccon2)nc(OCc2ccccc2)c1C(F)(F)F. The van der Waals surface area contributed by atoms with Crippen molar-refractivity contribution in [3.63, 3.8) is 0 Å². The Bertz CT molecular complexity index is 837. The predicted molar refractivity (Wildman–Crippen MR) is 79.9 cm³/mol. The average molecular weight is 351 g/mol. The zero-order valence-corrected chi connectivity index (χ0v) is 12.9. The fourth-order valence-electron chi connectivity index (χ4n) is 2.08. The molecule has 1 aromatic carbocycles. The van der Waals surface area contributed by atoms with E-state index in [1.54, 1.807) is 30.3 Å². The van der Waals surface area contributed by atoms with Crippen LogP contribution in [0.2, 0.25) is 0 Å². The summed E-state index contributed by atoms with van der Waals surface area (Å²) in [5.41, 5.74) is -0.328. The van der Waals surface area contributed by atoms with Crippen LogP contribution in [-0.2, 0) is 12.8 Å². The van der Waals surface area contributed by atoms with Gasteiger partial charge in [-0.1, -0.05) is 35.5 Å². The zero-order chi connectivity index (χ0) is 17.9. The minimum atomic E-state index is -4.75. The summed E-state index contributed by atoms with van der Waals surface area (Å²) >= 11 is 0. The highest BCUT2D eigenvalue weighted by Gasteiger charge is 2.41. The van der Waals surface area contributed by atoms with E-state index in [4.69, 9.17) is 9.47 Å². The summed E-state index contributed by atoms with van der Waals surface area (Å²) in [7, 11) is 1.09. The molecule has 3 rings (SSSR count). The second-order valence-electron chi connectivity index (χ2n) is 4.89. The van der Waals surface area contributed by atoms with E-state index in [-0.39, 0.29) is 18.1 Å². The van der Waals surface area contributed by atoms with Crippen molar-refractivity contribution in [2.45, 2.75) is 12.8 Å². The maximum atomic E-state index is 13.4. The Morgan fingerprint density at radius 2 is 1.76 bits per heavy atom. The van der Waals surface area contributed by atoms with E-state index >= 15 is 0 Å². The molecule has 0 spiro atoms. The topological polar surface area (TPSA) is 70.3 Å². The Labute approximate surface area is 140 Å². The first-order chi connectivity index (χ1) is 12.0. The standard InChI is InChI=1S/C16H12F3N3O3/c1-23-14-12(16(17,18)19)15(24-9-10-5-3-2-4-6-10)21-13(20-14)11-7-8-25-22-11/h2-8H,9H2,1H3. The quantitative estimate of drug-likeness (QED) is 0.697. The Balaban J connectivity index is 2.04. The van der Waals surface area contributed by atoms with Gasteiger partial charge in [0, 0.05) is 6.07 Å². The van der Waals surface area contributed by atoms with Gasteiger partial charge in [0.25, 0.3) is 0 Å². The lowest BCUT2D eigenvalue weighted by Gasteiger charge is -2.16. The summed E-state index contributed by atoms with van der Waals surface area (Å²) in [5, 5.41) is 3.62. The van der Waals surface area contributed by atoms with E-state index in [0.717, 1.165) is 7.11 Å². The molecule has 9 heteroatoms. The van der Waals surface area contributed by atoms with Crippen molar-refractivity contribution >= 4 is 0 Å². The molecule has 2 aromatic heterocycles. The van der Waals surface area contributed by atoms with E-state index in [2.05, 4.69) is 19.6 Å². The third-order valence-corrected chi connectivity index (χ3v) is 3.20. The van der Waals surface area contributed by atoms with Gasteiger partial charge in [-0.25, -0.2) is 0 Å². The van der Waals surface area contributed by atoms with E-state index in [9.17, 15) is 13.2 Å². The van der Waals surface area contributed by atoms with Gasteiger partial charge in [0.05, 0.1) is 7.11 Å². The Kier molecular flexibility index (Phi) is 4.55. The van der Waals surface area contributed by atoms with Crippen molar-refractivity contribution in [3.8, 4) is 23.3 Å². The molecule has 0 aliphatic carbocycles. The van der Waals surface area contributed by atoms with Gasteiger partial charge in [0.2, 0.25) is 11.8 Å². The molecule has 2 heterocycles. The second-order valence-corrected chi connectivity index (χ2v) is 4.89. The molecule has 6 nitrogen and oxygen atoms in total. The largest absolute Gasteiger partial charge is 0.480 e. The molecular weight excluding hydrogens is 339 g/mol. The molecule has 0 N–H and O–H groups in total. The number of aromatic nitrogens is 3. The molecule has 0 saturated heterocycles. The highest BCUT2D eigenvalue weighted by atomic mass is 19.4. The van der Waals surface area contributed by atoms with E-state index in [1.807, 2.05) is 0 Å². The van der Waals surface area contributed by atoms with Crippen LogP contribution in [0.3, 0.4) is 0 Å². The van der Waals surface area contributed by atoms with Gasteiger partial charge >= 0.3 is 6.18 Å². The van der Waals surface area contributed by atoms with Crippen LogP contribution in [0.4, 0.5) is 13.2 Å². The summed E-state index contributed by atoms with van der Waals surface area (Å²) in [6, 6.07) is 10.2. The molecule has 0 aliphatic heterocycles. The molecule has 0 aliphatic rings. The van der Waals surface area contributed by atoms with Crippen molar-refractivity contribution in [1.82, 2.24) is 15.1 Å². The lowest BCUT2D eigenvalue weighted by atomic mass is 10.2. The van der Waals surface area contributed by atoms with Gasteiger partial charge in [-0.15, -0.1) is 0 Å². The van der Waals surface area contributed by atoms with Crippen LogP contribution in [-0.4, -0.2) is 22.2 Å². The van der Waals surface area contributed by atoms with Crippen LogP contribution in [0.15, 0.2) is 47.2 Å². The molecule has 0 saturated carbocycles. The summed E-state index contributed by atoms with van der Waals surface area (Å²) in [4.78, 5) is 7.61. The van der Waals surface area contributed by atoms with Crippen molar-refractivity contribution in [1.29, 1.82) is 0 Å². The number of rotatable bonds is 5. The third-order valence-electron chi connectivity index (χ3n) is 3.20. The molecule has 0 amide bonds. The predicted octanol–water partition coefficient (Wildman–Crippen LogP) is 3.74. The maximum absolute atomic E-state index is 13.4. The Morgan fingerprint density at radius 3 is 2.36 bits per heavy atom. The van der Waals surface area contributed by atoms with Crippen LogP contribution in [0.5, 0.6) is 11.8 Å². The number of halogens is 3. The van der Waals surface area contributed by atoms with Crippen molar-refractivity contribution < 1.29 is 27.2 Å². The summed E-state index contributed by atoms with van der Waals surface area (Å²) in [5.74, 6) is -1.38. The smallest absolute Gasteiger partial charge is 0.426 e. The monoisotopic (exact) mass is 351 g/mol. The normalized spacial score (nSPS) is 11.4. The third kappa shape index (κ3) is 3.70. The molecule has 25 heavy (non-hydrogen) atoms. The first kappa shape index (κ1) is 16.7. The molecule has 0 bridgehead atoms. The number of nitrogens with zero attached hydrogens (tertiary/aromatic N) is 3. The average Bonchev–Trinajstić information content (AvgIpc) is 3.13. The molecular formula is C16H12F3N3O3. The Morgan fingerprint density at radius 1 is 1.04 bits per heavy atom. The van der Waals surface area contributed by atoms with Gasteiger partial charge in [0.1, 0.15) is 12.9 Å². The molecule has 0 unspecified atom stereocenters. The fraction of sp³-hybridized carbons (Fsp3) is 0.188. The van der Waals surface area contributed by atoms with E-state index < -0.39 is 23.5 Å². The number of methoxy groups -OCH3 is 1. The number of ether oxygens (including phenoxy) is 2. The molecule has 0 radical (unpaired) electrons. The zero-order valence-electron chi connectivity index (χ0n) is 12.9. The fourth-order valence-corrected chi connectivity index (χ4v) is 2.08. The van der Waals surface area contributed by atoms with Crippen molar-refractivity contribution in [2.75, 3.05) is 7.11 Å². The molecule has 0 fully saturated rings. The van der Waals surface area contributed by atoms with Crippen LogP contribution >= 0.6 is 0 Å². The first-order valence-electron chi connectivity index (χ1n) is 7.09. The molecule has 0 atom stereocenters. The van der Waals surface area contributed by atoms with Crippen molar-refractivity contribution in [2.24, 2.45) is 0 Å². The van der Waals surface area contributed by atoms with Gasteiger partial charge in [-0.05, 0) is 5.56 Å². The van der Waals surface area contributed by atoms with E-state index in [1.165, 1.54) is 12.3 Å². The lowest BCUT2D eigenvalue weighted by Crippen LogP contribution is -2.14. The van der Waals surface area contributed by atoms with Gasteiger partial charge in [-0.3, -0.25) is 0 Å². The minimum Gasteiger partial charge on any atom is -0.480 e. The number of benzene rings is 1. The van der Waals surface area contributed by atoms with E-state index in [0.29, 0.717) is 5.56 Å². The lowest BCUT2D eigenvalue weighted by molar-refractivity contribution is -0.140. The molecule has 3 aromatic rings. The van der Waals surface area contributed by atoms with Crippen molar-refractivity contribution in [3.05, 3.63) is 53.8 Å². The van der Waals surface area contributed by atoms with Gasteiger partial charge in [0.15, 0.2) is 17.1 Å². The minimum absolute atomic E-state index is 0.0949. The highest BCUT2D eigenvalue weighted by molar-refractivity contribution is 5.52. The number of alkyl halides is 3. The molecule has 130 valence electrons.